The van der Waals surface area contributed by atoms with Gasteiger partial charge in [-0.1, -0.05) is 38.3 Å². The van der Waals surface area contributed by atoms with Crippen LogP contribution in [0.25, 0.3) is 11.1 Å². The topological polar surface area (TPSA) is 71.9 Å². The van der Waals surface area contributed by atoms with Crippen LogP contribution in [0.4, 0.5) is 5.82 Å². The molecule has 0 amide bonds. The Bertz CT molecular complexity index is 687. The fraction of sp³-hybridized carbons (Fsp3) is 0.368. The van der Waals surface area contributed by atoms with Crippen molar-refractivity contribution in [2.75, 3.05) is 12.3 Å². The Morgan fingerprint density at radius 1 is 1.17 bits per heavy atom. The Balaban J connectivity index is 2.10. The average Bonchev–Trinajstić information content (AvgIpc) is 2.54. The van der Waals surface area contributed by atoms with Crippen molar-refractivity contribution < 1.29 is 4.74 Å². The number of nitrogens with two attached hydrogens (primary N) is 1. The molecule has 1 aromatic heterocycles. The van der Waals surface area contributed by atoms with Crippen molar-refractivity contribution in [3.05, 3.63) is 41.6 Å². The van der Waals surface area contributed by atoms with Crippen LogP contribution in [0, 0.1) is 18.3 Å². The monoisotopic (exact) mass is 309 g/mol. The molecule has 1 heterocycles. The van der Waals surface area contributed by atoms with Crippen molar-refractivity contribution in [2.24, 2.45) is 0 Å². The second-order valence-corrected chi connectivity index (χ2v) is 5.62. The van der Waals surface area contributed by atoms with Crippen molar-refractivity contribution in [3.8, 4) is 22.9 Å². The molecule has 0 spiro atoms. The van der Waals surface area contributed by atoms with E-state index in [0.29, 0.717) is 5.56 Å². The molecule has 120 valence electrons. The smallest absolute Gasteiger partial charge is 0.142 e. The summed E-state index contributed by atoms with van der Waals surface area (Å²) in [4.78, 5) is 4.14. The molecule has 2 N–H and O–H groups in total. The number of benzene rings is 1. The van der Waals surface area contributed by atoms with Crippen molar-refractivity contribution >= 4 is 5.82 Å². The minimum Gasteiger partial charge on any atom is -0.494 e. The summed E-state index contributed by atoms with van der Waals surface area (Å²) in [7, 11) is 0. The Labute approximate surface area is 137 Å². The molecule has 0 bridgehead atoms. The van der Waals surface area contributed by atoms with Gasteiger partial charge in [-0.2, -0.15) is 5.26 Å². The van der Waals surface area contributed by atoms with Crippen molar-refractivity contribution in [3.63, 3.8) is 0 Å². The Hall–Kier alpha value is -2.54. The van der Waals surface area contributed by atoms with Crippen LogP contribution >= 0.6 is 0 Å². The lowest BCUT2D eigenvalue weighted by Crippen LogP contribution is -2.00. The summed E-state index contributed by atoms with van der Waals surface area (Å²) in [5, 5.41) is 9.30. The Morgan fingerprint density at radius 3 is 2.57 bits per heavy atom. The van der Waals surface area contributed by atoms with Crippen LogP contribution < -0.4 is 10.5 Å². The number of rotatable bonds is 7. The van der Waals surface area contributed by atoms with Gasteiger partial charge in [0, 0.05) is 11.3 Å². The zero-order chi connectivity index (χ0) is 16.7. The van der Waals surface area contributed by atoms with Gasteiger partial charge in [-0.25, -0.2) is 4.98 Å². The molecule has 4 nitrogen and oxygen atoms in total. The standard InChI is InChI=1S/C19H23N3O/c1-3-4-5-6-11-23-16-9-7-15(8-10-16)17-12-14(2)22-19(21)18(17)13-20/h7-10,12H,3-6,11H2,1-2H3,(H2,21,22). The maximum absolute atomic E-state index is 9.30. The summed E-state index contributed by atoms with van der Waals surface area (Å²) in [6, 6.07) is 11.8. The highest BCUT2D eigenvalue weighted by molar-refractivity contribution is 5.75. The maximum Gasteiger partial charge on any atom is 0.142 e. The fourth-order valence-corrected chi connectivity index (χ4v) is 2.49. The first-order valence-corrected chi connectivity index (χ1v) is 8.06. The Morgan fingerprint density at radius 2 is 1.91 bits per heavy atom. The van der Waals surface area contributed by atoms with Crippen LogP contribution in [0.5, 0.6) is 5.75 Å². The molecule has 2 aromatic rings. The van der Waals surface area contributed by atoms with Gasteiger partial charge in [0.25, 0.3) is 0 Å². The summed E-state index contributed by atoms with van der Waals surface area (Å²) >= 11 is 0. The van der Waals surface area contributed by atoms with E-state index < -0.39 is 0 Å². The van der Waals surface area contributed by atoms with Gasteiger partial charge in [-0.05, 0) is 37.1 Å². The fourth-order valence-electron chi connectivity index (χ4n) is 2.49. The van der Waals surface area contributed by atoms with E-state index in [1.165, 1.54) is 19.3 Å². The number of unbranched alkanes of at least 4 members (excludes halogenated alkanes) is 3. The van der Waals surface area contributed by atoms with Crippen LogP contribution in [-0.2, 0) is 0 Å². The van der Waals surface area contributed by atoms with E-state index in [-0.39, 0.29) is 5.82 Å². The van der Waals surface area contributed by atoms with E-state index in [0.717, 1.165) is 35.6 Å². The molecular formula is C19H23N3O. The number of pyridine rings is 1. The van der Waals surface area contributed by atoms with E-state index in [2.05, 4.69) is 18.0 Å². The number of nitriles is 1. The third-order valence-corrected chi connectivity index (χ3v) is 3.72. The molecule has 0 aliphatic heterocycles. The molecule has 0 saturated carbocycles. The van der Waals surface area contributed by atoms with Crippen molar-refractivity contribution in [2.45, 2.75) is 39.5 Å². The largest absolute Gasteiger partial charge is 0.494 e. The lowest BCUT2D eigenvalue weighted by molar-refractivity contribution is 0.305. The normalized spacial score (nSPS) is 10.3. The van der Waals surface area contributed by atoms with Crippen LogP contribution in [0.2, 0.25) is 0 Å². The predicted octanol–water partition coefficient (Wildman–Crippen LogP) is 4.47. The minimum atomic E-state index is 0.277. The first-order chi connectivity index (χ1) is 11.2. The summed E-state index contributed by atoms with van der Waals surface area (Å²) in [5.41, 5.74) is 8.82. The maximum atomic E-state index is 9.30. The molecule has 0 aliphatic rings. The van der Waals surface area contributed by atoms with Crippen molar-refractivity contribution in [1.29, 1.82) is 5.26 Å². The first-order valence-electron chi connectivity index (χ1n) is 8.06. The van der Waals surface area contributed by atoms with Gasteiger partial charge >= 0.3 is 0 Å². The van der Waals surface area contributed by atoms with Crippen LogP contribution in [0.1, 0.15) is 43.9 Å². The number of aromatic nitrogens is 1. The quantitative estimate of drug-likeness (QED) is 0.766. The van der Waals surface area contributed by atoms with E-state index in [1.54, 1.807) is 0 Å². The summed E-state index contributed by atoms with van der Waals surface area (Å²) in [6.45, 7) is 4.81. The molecule has 1 aromatic carbocycles. The number of nitrogen functional groups attached to an aromatic ring is 1. The molecule has 2 rings (SSSR count). The van der Waals surface area contributed by atoms with E-state index >= 15 is 0 Å². The average molecular weight is 309 g/mol. The number of anilines is 1. The zero-order valence-electron chi connectivity index (χ0n) is 13.8. The second-order valence-electron chi connectivity index (χ2n) is 5.62. The molecule has 0 saturated heterocycles. The molecule has 0 aliphatic carbocycles. The second kappa shape index (κ2) is 8.19. The first kappa shape index (κ1) is 16.8. The molecule has 0 radical (unpaired) electrons. The molecule has 0 unspecified atom stereocenters. The van der Waals surface area contributed by atoms with Crippen LogP contribution in [0.15, 0.2) is 30.3 Å². The van der Waals surface area contributed by atoms with Gasteiger partial charge in [0.15, 0.2) is 0 Å². The van der Waals surface area contributed by atoms with Gasteiger partial charge in [-0.3, -0.25) is 0 Å². The van der Waals surface area contributed by atoms with Crippen molar-refractivity contribution in [1.82, 2.24) is 4.98 Å². The third-order valence-electron chi connectivity index (χ3n) is 3.72. The lowest BCUT2D eigenvalue weighted by Gasteiger charge is -2.10. The van der Waals surface area contributed by atoms with E-state index in [4.69, 9.17) is 10.5 Å². The van der Waals surface area contributed by atoms with Crippen LogP contribution in [0.3, 0.4) is 0 Å². The highest BCUT2D eigenvalue weighted by atomic mass is 16.5. The molecule has 23 heavy (non-hydrogen) atoms. The van der Waals surface area contributed by atoms with E-state index in [1.807, 2.05) is 37.3 Å². The summed E-state index contributed by atoms with van der Waals surface area (Å²) < 4.78 is 5.75. The minimum absolute atomic E-state index is 0.277. The molecular weight excluding hydrogens is 286 g/mol. The van der Waals surface area contributed by atoms with Gasteiger partial charge < -0.3 is 10.5 Å². The van der Waals surface area contributed by atoms with Gasteiger partial charge in [0.1, 0.15) is 23.2 Å². The highest BCUT2D eigenvalue weighted by Gasteiger charge is 2.10. The molecule has 0 fully saturated rings. The molecule has 4 heteroatoms. The number of nitrogens with zero attached hydrogens (tertiary/aromatic N) is 2. The van der Waals surface area contributed by atoms with Crippen LogP contribution in [-0.4, -0.2) is 11.6 Å². The molecule has 0 atom stereocenters. The number of hydrogen-bond donors (Lipinski definition) is 1. The lowest BCUT2D eigenvalue weighted by atomic mass is 10.0. The number of hydrogen-bond acceptors (Lipinski definition) is 4. The van der Waals surface area contributed by atoms with E-state index in [9.17, 15) is 5.26 Å². The zero-order valence-corrected chi connectivity index (χ0v) is 13.8. The number of aryl methyl sites for hydroxylation is 1. The SMILES string of the molecule is CCCCCCOc1ccc(-c2cc(C)nc(N)c2C#N)cc1. The predicted molar refractivity (Wildman–Crippen MR) is 93.2 cm³/mol. The Kier molecular flexibility index (Phi) is 5.99. The highest BCUT2D eigenvalue weighted by Crippen LogP contribution is 2.28. The number of ether oxygens (including phenoxy) is 1. The van der Waals surface area contributed by atoms with Gasteiger partial charge in [0.05, 0.1) is 6.61 Å². The summed E-state index contributed by atoms with van der Waals surface area (Å²) in [5.74, 6) is 1.13. The third kappa shape index (κ3) is 4.46. The van der Waals surface area contributed by atoms with Gasteiger partial charge in [0.2, 0.25) is 0 Å². The van der Waals surface area contributed by atoms with Gasteiger partial charge in [-0.15, -0.1) is 0 Å². The summed E-state index contributed by atoms with van der Waals surface area (Å²) in [6.07, 6.45) is 4.76.